The van der Waals surface area contributed by atoms with E-state index in [-0.39, 0.29) is 17.6 Å². The summed E-state index contributed by atoms with van der Waals surface area (Å²) in [5.41, 5.74) is 1.51. The van der Waals surface area contributed by atoms with E-state index in [4.69, 9.17) is 11.6 Å². The van der Waals surface area contributed by atoms with Crippen molar-refractivity contribution in [2.45, 2.75) is 25.8 Å². The maximum atomic E-state index is 11.4. The molecular weight excluding hydrogens is 320 g/mol. The molecule has 1 aromatic rings. The normalized spacial score (nSPS) is 16.1. The van der Waals surface area contributed by atoms with E-state index in [1.807, 2.05) is 6.92 Å². The van der Waals surface area contributed by atoms with Crippen LogP contribution in [0.3, 0.4) is 0 Å². The number of hydrogen-bond donors (Lipinski definition) is 2. The highest BCUT2D eigenvalue weighted by Crippen LogP contribution is 2.32. The van der Waals surface area contributed by atoms with Gasteiger partial charge in [0.1, 0.15) is 0 Å². The molecule has 0 unspecified atom stereocenters. The molecule has 126 valence electrons. The SMILES string of the molecule is CNC(=O)CN1CCC(Nc2c(C)cc([N+](=O)[O-])cc2Cl)CC1. The highest BCUT2D eigenvalue weighted by atomic mass is 35.5. The highest BCUT2D eigenvalue weighted by molar-refractivity contribution is 6.33. The summed E-state index contributed by atoms with van der Waals surface area (Å²) in [6, 6.07) is 3.14. The van der Waals surface area contributed by atoms with Gasteiger partial charge in [0.05, 0.1) is 22.2 Å². The van der Waals surface area contributed by atoms with Crippen molar-refractivity contribution in [3.05, 3.63) is 32.8 Å². The van der Waals surface area contributed by atoms with Gasteiger partial charge in [-0.05, 0) is 25.3 Å². The first-order valence-electron chi connectivity index (χ1n) is 7.54. The first-order chi connectivity index (χ1) is 10.9. The third kappa shape index (κ3) is 4.56. The summed E-state index contributed by atoms with van der Waals surface area (Å²) in [7, 11) is 1.63. The summed E-state index contributed by atoms with van der Waals surface area (Å²) in [6.07, 6.45) is 1.79. The first-order valence-corrected chi connectivity index (χ1v) is 7.92. The van der Waals surface area contributed by atoms with Crippen LogP contribution in [0.15, 0.2) is 12.1 Å². The number of anilines is 1. The first kappa shape index (κ1) is 17.5. The summed E-state index contributed by atoms with van der Waals surface area (Å²) in [5, 5.41) is 17.2. The van der Waals surface area contributed by atoms with Crippen LogP contribution in [0.5, 0.6) is 0 Å². The van der Waals surface area contributed by atoms with E-state index in [0.29, 0.717) is 11.6 Å². The number of nitro groups is 1. The zero-order valence-electron chi connectivity index (χ0n) is 13.3. The van der Waals surface area contributed by atoms with Gasteiger partial charge in [0.2, 0.25) is 5.91 Å². The minimum Gasteiger partial charge on any atom is -0.381 e. The van der Waals surface area contributed by atoms with Gasteiger partial charge in [-0.25, -0.2) is 0 Å². The Hall–Kier alpha value is -1.86. The predicted octanol–water partition coefficient (Wildman–Crippen LogP) is 2.18. The second-order valence-corrected chi connectivity index (χ2v) is 6.15. The maximum Gasteiger partial charge on any atom is 0.271 e. The third-order valence-electron chi connectivity index (χ3n) is 4.07. The van der Waals surface area contributed by atoms with Gasteiger partial charge in [-0.3, -0.25) is 19.8 Å². The van der Waals surface area contributed by atoms with Gasteiger partial charge in [0, 0.05) is 38.3 Å². The molecule has 0 spiro atoms. The van der Waals surface area contributed by atoms with Crippen molar-refractivity contribution >= 4 is 28.9 Å². The number of carbonyl (C=O) groups excluding carboxylic acids is 1. The fraction of sp³-hybridized carbons (Fsp3) is 0.533. The Morgan fingerprint density at radius 2 is 2.09 bits per heavy atom. The van der Waals surface area contributed by atoms with E-state index in [9.17, 15) is 14.9 Å². The van der Waals surface area contributed by atoms with Crippen LogP contribution in [0.2, 0.25) is 5.02 Å². The number of rotatable bonds is 5. The number of nitrogens with zero attached hydrogens (tertiary/aromatic N) is 2. The number of benzene rings is 1. The van der Waals surface area contributed by atoms with E-state index >= 15 is 0 Å². The molecule has 0 aliphatic carbocycles. The van der Waals surface area contributed by atoms with Gasteiger partial charge in [0.25, 0.3) is 5.69 Å². The van der Waals surface area contributed by atoms with Crippen LogP contribution in [0.25, 0.3) is 0 Å². The molecule has 8 heteroatoms. The maximum absolute atomic E-state index is 11.4. The molecule has 7 nitrogen and oxygen atoms in total. The number of halogens is 1. The van der Waals surface area contributed by atoms with Crippen LogP contribution in [0.4, 0.5) is 11.4 Å². The Kier molecular flexibility index (Phi) is 5.79. The standard InChI is InChI=1S/C15H21ClN4O3/c1-10-7-12(20(22)23)8-13(16)15(10)18-11-3-5-19(6-4-11)9-14(21)17-2/h7-8,11,18H,3-6,9H2,1-2H3,(H,17,21). The molecule has 2 N–H and O–H groups in total. The zero-order chi connectivity index (χ0) is 17.0. The zero-order valence-corrected chi connectivity index (χ0v) is 14.0. The molecule has 1 heterocycles. The molecule has 0 saturated carbocycles. The summed E-state index contributed by atoms with van der Waals surface area (Å²) in [4.78, 5) is 23.9. The topological polar surface area (TPSA) is 87.5 Å². The molecule has 1 amide bonds. The van der Waals surface area contributed by atoms with Crippen molar-refractivity contribution in [1.29, 1.82) is 0 Å². The predicted molar refractivity (Wildman–Crippen MR) is 90.0 cm³/mol. The van der Waals surface area contributed by atoms with Gasteiger partial charge in [-0.2, -0.15) is 0 Å². The molecule has 0 aromatic heterocycles. The van der Waals surface area contributed by atoms with Gasteiger partial charge >= 0.3 is 0 Å². The van der Waals surface area contributed by atoms with Crippen LogP contribution in [0, 0.1) is 17.0 Å². The lowest BCUT2D eigenvalue weighted by atomic mass is 10.0. The minimum atomic E-state index is -0.445. The lowest BCUT2D eigenvalue weighted by Gasteiger charge is -2.32. The quantitative estimate of drug-likeness (QED) is 0.633. The van der Waals surface area contributed by atoms with Gasteiger partial charge in [-0.1, -0.05) is 11.6 Å². The average molecular weight is 341 g/mol. The number of hydrogen-bond acceptors (Lipinski definition) is 5. The molecule has 2 rings (SSSR count). The lowest BCUT2D eigenvalue weighted by Crippen LogP contribution is -2.43. The Morgan fingerprint density at radius 3 is 2.61 bits per heavy atom. The van der Waals surface area contributed by atoms with E-state index in [1.165, 1.54) is 12.1 Å². The molecule has 0 bridgehead atoms. The molecule has 23 heavy (non-hydrogen) atoms. The molecule has 1 saturated heterocycles. The third-order valence-corrected chi connectivity index (χ3v) is 4.36. The van der Waals surface area contributed by atoms with Crippen LogP contribution < -0.4 is 10.6 Å². The van der Waals surface area contributed by atoms with Gasteiger partial charge in [0.15, 0.2) is 0 Å². The van der Waals surface area contributed by atoms with Crippen molar-refractivity contribution in [3.8, 4) is 0 Å². The van der Waals surface area contributed by atoms with Crippen molar-refractivity contribution in [2.75, 3.05) is 32.0 Å². The highest BCUT2D eigenvalue weighted by Gasteiger charge is 2.22. The number of amides is 1. The molecule has 1 fully saturated rings. The average Bonchev–Trinajstić information content (AvgIpc) is 2.52. The lowest BCUT2D eigenvalue weighted by molar-refractivity contribution is -0.384. The van der Waals surface area contributed by atoms with Crippen LogP contribution in [-0.2, 0) is 4.79 Å². The number of nitrogens with one attached hydrogen (secondary N) is 2. The summed E-state index contributed by atoms with van der Waals surface area (Å²) in [6.45, 7) is 3.88. The summed E-state index contributed by atoms with van der Waals surface area (Å²) >= 11 is 6.18. The fourth-order valence-corrected chi connectivity index (χ4v) is 3.05. The Balaban J connectivity index is 1.96. The second-order valence-electron chi connectivity index (χ2n) is 5.74. The van der Waals surface area contributed by atoms with Crippen LogP contribution in [-0.4, -0.2) is 48.5 Å². The molecule has 1 aliphatic rings. The number of nitro benzene ring substituents is 1. The van der Waals surface area contributed by atoms with E-state index in [0.717, 1.165) is 37.2 Å². The second kappa shape index (κ2) is 7.61. The number of aryl methyl sites for hydroxylation is 1. The number of non-ortho nitro benzene ring substituents is 1. The van der Waals surface area contributed by atoms with Gasteiger partial charge in [-0.15, -0.1) is 0 Å². The van der Waals surface area contributed by atoms with Crippen LogP contribution in [0.1, 0.15) is 18.4 Å². The smallest absolute Gasteiger partial charge is 0.271 e. The minimum absolute atomic E-state index is 0.00144. The molecule has 1 aliphatic heterocycles. The Bertz CT molecular complexity index is 577. The number of piperidine rings is 1. The molecule has 0 radical (unpaired) electrons. The number of likely N-dealkylation sites (tertiary alicyclic amines) is 1. The summed E-state index contributed by atoms with van der Waals surface area (Å²) in [5.74, 6) is 0.0191. The molecule has 1 aromatic carbocycles. The Labute approximate surface area is 140 Å². The monoisotopic (exact) mass is 340 g/mol. The molecule has 0 atom stereocenters. The van der Waals surface area contributed by atoms with Crippen molar-refractivity contribution < 1.29 is 9.72 Å². The van der Waals surface area contributed by atoms with Crippen molar-refractivity contribution in [3.63, 3.8) is 0 Å². The number of likely N-dealkylation sites (N-methyl/N-ethyl adjacent to an activating group) is 1. The van der Waals surface area contributed by atoms with E-state index in [1.54, 1.807) is 7.05 Å². The largest absolute Gasteiger partial charge is 0.381 e. The van der Waals surface area contributed by atoms with Crippen molar-refractivity contribution in [1.82, 2.24) is 10.2 Å². The van der Waals surface area contributed by atoms with E-state index in [2.05, 4.69) is 15.5 Å². The van der Waals surface area contributed by atoms with Crippen molar-refractivity contribution in [2.24, 2.45) is 0 Å². The van der Waals surface area contributed by atoms with E-state index < -0.39 is 4.92 Å². The summed E-state index contributed by atoms with van der Waals surface area (Å²) < 4.78 is 0. The molecular formula is C15H21ClN4O3. The number of carbonyl (C=O) groups is 1. The van der Waals surface area contributed by atoms with Gasteiger partial charge < -0.3 is 10.6 Å². The van der Waals surface area contributed by atoms with Crippen LogP contribution >= 0.6 is 11.6 Å². The fourth-order valence-electron chi connectivity index (χ4n) is 2.74. The Morgan fingerprint density at radius 1 is 1.43 bits per heavy atom.